The Morgan fingerprint density at radius 3 is 3.08 bits per heavy atom. The summed E-state index contributed by atoms with van der Waals surface area (Å²) in [5.74, 6) is 0.431. The fraction of sp³-hybridized carbons (Fsp3) is 0.368. The van der Waals surface area contributed by atoms with Crippen molar-refractivity contribution in [3.8, 4) is 0 Å². The van der Waals surface area contributed by atoms with Crippen LogP contribution in [0, 0.1) is 5.92 Å². The Morgan fingerprint density at radius 2 is 2.21 bits per heavy atom. The second-order valence-electron chi connectivity index (χ2n) is 6.37. The summed E-state index contributed by atoms with van der Waals surface area (Å²) < 4.78 is 7.98. The Bertz CT molecular complexity index is 829. The van der Waals surface area contributed by atoms with Crippen molar-refractivity contribution in [1.82, 2.24) is 14.8 Å². The van der Waals surface area contributed by atoms with E-state index in [1.165, 1.54) is 0 Å². The van der Waals surface area contributed by atoms with E-state index in [2.05, 4.69) is 33.6 Å². The van der Waals surface area contributed by atoms with Crippen molar-refractivity contribution in [2.75, 3.05) is 18.5 Å². The highest BCUT2D eigenvalue weighted by molar-refractivity contribution is 5.81. The van der Waals surface area contributed by atoms with Gasteiger partial charge < -0.3 is 10.1 Å². The highest BCUT2D eigenvalue weighted by atomic mass is 16.5. The lowest BCUT2D eigenvalue weighted by Gasteiger charge is -2.32. The zero-order valence-corrected chi connectivity index (χ0v) is 13.9. The summed E-state index contributed by atoms with van der Waals surface area (Å²) in [6.07, 6.45) is 6.11. The molecule has 24 heavy (non-hydrogen) atoms. The SMILES string of the molecule is Cn1nccc1[C@@H]1OCCC[C@H]1CNc1cnc2ccccc2c1. The molecule has 124 valence electrons. The van der Waals surface area contributed by atoms with Gasteiger partial charge in [-0.1, -0.05) is 18.2 Å². The lowest BCUT2D eigenvalue weighted by Crippen LogP contribution is -2.29. The second-order valence-corrected chi connectivity index (χ2v) is 6.37. The summed E-state index contributed by atoms with van der Waals surface area (Å²) in [5.41, 5.74) is 3.23. The fourth-order valence-electron chi connectivity index (χ4n) is 3.46. The van der Waals surface area contributed by atoms with Crippen LogP contribution in [0.15, 0.2) is 48.8 Å². The summed E-state index contributed by atoms with van der Waals surface area (Å²) >= 11 is 0. The maximum absolute atomic E-state index is 6.06. The van der Waals surface area contributed by atoms with Gasteiger partial charge in [-0.3, -0.25) is 9.67 Å². The number of nitrogens with one attached hydrogen (secondary N) is 1. The van der Waals surface area contributed by atoms with Crippen molar-refractivity contribution >= 4 is 16.6 Å². The number of benzene rings is 1. The average Bonchev–Trinajstić information content (AvgIpc) is 3.06. The van der Waals surface area contributed by atoms with Crippen LogP contribution in [0.4, 0.5) is 5.69 Å². The summed E-state index contributed by atoms with van der Waals surface area (Å²) in [6.45, 7) is 1.69. The van der Waals surface area contributed by atoms with Gasteiger partial charge in [0.25, 0.3) is 0 Å². The molecule has 0 aliphatic carbocycles. The minimum absolute atomic E-state index is 0.104. The van der Waals surface area contributed by atoms with Crippen LogP contribution >= 0.6 is 0 Å². The topological polar surface area (TPSA) is 52.0 Å². The van der Waals surface area contributed by atoms with Gasteiger partial charge in [0, 0.05) is 37.7 Å². The van der Waals surface area contributed by atoms with Crippen LogP contribution in [0.5, 0.6) is 0 Å². The predicted molar refractivity (Wildman–Crippen MR) is 94.9 cm³/mol. The van der Waals surface area contributed by atoms with E-state index >= 15 is 0 Å². The normalized spacial score (nSPS) is 21.0. The molecule has 0 amide bonds. The third-order valence-electron chi connectivity index (χ3n) is 4.75. The molecule has 3 heterocycles. The summed E-state index contributed by atoms with van der Waals surface area (Å²) in [6, 6.07) is 12.4. The molecule has 1 fully saturated rings. The number of hydrogen-bond donors (Lipinski definition) is 1. The molecule has 1 aliphatic heterocycles. The zero-order valence-electron chi connectivity index (χ0n) is 13.9. The van der Waals surface area contributed by atoms with Gasteiger partial charge in [-0.2, -0.15) is 5.10 Å². The van der Waals surface area contributed by atoms with Crippen molar-refractivity contribution in [3.05, 3.63) is 54.5 Å². The van der Waals surface area contributed by atoms with Gasteiger partial charge >= 0.3 is 0 Å². The number of hydrogen-bond acceptors (Lipinski definition) is 4. The number of para-hydroxylation sites is 1. The van der Waals surface area contributed by atoms with Crippen LogP contribution in [0.3, 0.4) is 0 Å². The number of anilines is 1. The van der Waals surface area contributed by atoms with Gasteiger partial charge in [-0.25, -0.2) is 0 Å². The number of ether oxygens (including phenoxy) is 1. The summed E-state index contributed by atoms with van der Waals surface area (Å²) in [5, 5.41) is 8.99. The predicted octanol–water partition coefficient (Wildman–Crippen LogP) is 3.55. The van der Waals surface area contributed by atoms with E-state index in [1.54, 1.807) is 0 Å². The molecule has 0 spiro atoms. The molecule has 0 radical (unpaired) electrons. The molecule has 0 unspecified atom stereocenters. The van der Waals surface area contributed by atoms with E-state index in [9.17, 15) is 0 Å². The summed E-state index contributed by atoms with van der Waals surface area (Å²) in [7, 11) is 1.98. The Hall–Kier alpha value is -2.40. The van der Waals surface area contributed by atoms with Crippen LogP contribution in [0.1, 0.15) is 24.6 Å². The Kier molecular flexibility index (Phi) is 4.17. The first-order valence-corrected chi connectivity index (χ1v) is 8.49. The highest BCUT2D eigenvalue weighted by Gasteiger charge is 2.29. The fourth-order valence-corrected chi connectivity index (χ4v) is 3.46. The van der Waals surface area contributed by atoms with Crippen LogP contribution in [0.2, 0.25) is 0 Å². The van der Waals surface area contributed by atoms with Crippen molar-refractivity contribution < 1.29 is 4.74 Å². The Morgan fingerprint density at radius 1 is 1.29 bits per heavy atom. The number of fused-ring (bicyclic) bond motifs is 1. The molecule has 1 saturated heterocycles. The molecular formula is C19H22N4O. The van der Waals surface area contributed by atoms with E-state index in [1.807, 2.05) is 42.3 Å². The number of aromatic nitrogens is 3. The lowest BCUT2D eigenvalue weighted by molar-refractivity contribution is -0.0284. The average molecular weight is 322 g/mol. The third kappa shape index (κ3) is 2.99. The smallest absolute Gasteiger partial charge is 0.104 e. The monoisotopic (exact) mass is 322 g/mol. The van der Waals surface area contributed by atoms with E-state index in [4.69, 9.17) is 4.74 Å². The first-order valence-electron chi connectivity index (χ1n) is 8.49. The first kappa shape index (κ1) is 15.1. The van der Waals surface area contributed by atoms with Crippen LogP contribution < -0.4 is 5.32 Å². The summed E-state index contributed by atoms with van der Waals surface area (Å²) in [4.78, 5) is 4.52. The standard InChI is InChI=1S/C19H22N4O/c1-23-18(8-9-22-23)19-15(6-4-10-24-19)12-20-16-11-14-5-2-3-7-17(14)21-13-16/h2-3,5,7-9,11,13,15,19-20H,4,6,10,12H2,1H3/t15-,19+/m0/s1. The molecule has 4 rings (SSSR count). The molecule has 3 aromatic rings. The maximum atomic E-state index is 6.06. The van der Waals surface area contributed by atoms with E-state index in [0.717, 1.165) is 48.3 Å². The lowest BCUT2D eigenvalue weighted by atomic mass is 9.92. The van der Waals surface area contributed by atoms with Crippen LogP contribution in [-0.4, -0.2) is 27.9 Å². The van der Waals surface area contributed by atoms with Crippen LogP contribution in [-0.2, 0) is 11.8 Å². The van der Waals surface area contributed by atoms with Gasteiger partial charge in [0.05, 0.1) is 23.1 Å². The van der Waals surface area contributed by atoms with Gasteiger partial charge in [0.15, 0.2) is 0 Å². The number of nitrogens with zero attached hydrogens (tertiary/aromatic N) is 3. The molecule has 1 N–H and O–H groups in total. The van der Waals surface area contributed by atoms with Gasteiger partial charge in [0.2, 0.25) is 0 Å². The molecule has 1 aliphatic rings. The van der Waals surface area contributed by atoms with Crippen molar-refractivity contribution in [2.24, 2.45) is 13.0 Å². The first-order chi connectivity index (χ1) is 11.8. The largest absolute Gasteiger partial charge is 0.383 e. The highest BCUT2D eigenvalue weighted by Crippen LogP contribution is 2.33. The van der Waals surface area contributed by atoms with E-state index in [0.29, 0.717) is 5.92 Å². The molecule has 0 bridgehead atoms. The van der Waals surface area contributed by atoms with Gasteiger partial charge in [0.1, 0.15) is 6.10 Å². The van der Waals surface area contributed by atoms with Crippen molar-refractivity contribution in [1.29, 1.82) is 0 Å². The molecule has 0 saturated carbocycles. The third-order valence-corrected chi connectivity index (χ3v) is 4.75. The van der Waals surface area contributed by atoms with Crippen LogP contribution in [0.25, 0.3) is 10.9 Å². The van der Waals surface area contributed by atoms with Gasteiger partial charge in [-0.05, 0) is 31.0 Å². The minimum atomic E-state index is 0.104. The van der Waals surface area contributed by atoms with E-state index < -0.39 is 0 Å². The van der Waals surface area contributed by atoms with E-state index in [-0.39, 0.29) is 6.10 Å². The molecule has 2 atom stereocenters. The van der Waals surface area contributed by atoms with Crippen molar-refractivity contribution in [2.45, 2.75) is 18.9 Å². The minimum Gasteiger partial charge on any atom is -0.383 e. The number of aryl methyl sites for hydroxylation is 1. The molecular weight excluding hydrogens is 300 g/mol. The quantitative estimate of drug-likeness (QED) is 0.798. The van der Waals surface area contributed by atoms with Gasteiger partial charge in [-0.15, -0.1) is 0 Å². The zero-order chi connectivity index (χ0) is 16.4. The molecule has 1 aromatic carbocycles. The Balaban J connectivity index is 1.49. The second kappa shape index (κ2) is 6.61. The molecule has 5 nitrogen and oxygen atoms in total. The Labute approximate surface area is 141 Å². The number of pyridine rings is 1. The molecule has 5 heteroatoms. The maximum Gasteiger partial charge on any atom is 0.104 e. The molecule has 2 aromatic heterocycles. The number of rotatable bonds is 4. The van der Waals surface area contributed by atoms with Crippen molar-refractivity contribution in [3.63, 3.8) is 0 Å².